The fourth-order valence-corrected chi connectivity index (χ4v) is 3.07. The monoisotopic (exact) mass is 449 g/mol. The van der Waals surface area contributed by atoms with E-state index in [-0.39, 0.29) is 29.8 Å². The zero-order chi connectivity index (χ0) is 22.4. The predicted molar refractivity (Wildman–Crippen MR) is 111 cm³/mol. The van der Waals surface area contributed by atoms with Crippen LogP contribution in [0.5, 0.6) is 0 Å². The van der Waals surface area contributed by atoms with Crippen LogP contribution in [-0.4, -0.2) is 27.5 Å². The van der Waals surface area contributed by atoms with Crippen LogP contribution in [0.25, 0.3) is 17.5 Å². The van der Waals surface area contributed by atoms with Crippen molar-refractivity contribution in [3.63, 3.8) is 0 Å². The number of amides is 1. The average Bonchev–Trinajstić information content (AvgIpc) is 3.20. The van der Waals surface area contributed by atoms with Gasteiger partial charge in [0.25, 0.3) is 0 Å². The molecule has 9 heteroatoms. The maximum atomic E-state index is 12.9. The Labute approximate surface area is 182 Å². The Morgan fingerprint density at radius 3 is 2.65 bits per heavy atom. The summed E-state index contributed by atoms with van der Waals surface area (Å²) < 4.78 is 44.2. The molecule has 31 heavy (non-hydrogen) atoms. The highest BCUT2D eigenvalue weighted by Crippen LogP contribution is 2.30. The maximum Gasteiger partial charge on any atom is 0.416 e. The zero-order valence-electron chi connectivity index (χ0n) is 16.6. The average molecular weight is 450 g/mol. The number of nitrogens with zero attached hydrogens (tertiary/aromatic N) is 3. The van der Waals surface area contributed by atoms with Gasteiger partial charge in [0.15, 0.2) is 0 Å². The molecule has 1 aromatic heterocycles. The molecular weight excluding hydrogens is 431 g/mol. The van der Waals surface area contributed by atoms with Gasteiger partial charge in [-0.15, -0.1) is 10.2 Å². The van der Waals surface area contributed by atoms with Crippen molar-refractivity contribution in [3.05, 3.63) is 76.6 Å². The van der Waals surface area contributed by atoms with Crippen LogP contribution in [-0.2, 0) is 17.5 Å². The molecule has 0 saturated carbocycles. The van der Waals surface area contributed by atoms with E-state index in [0.717, 1.165) is 12.1 Å². The predicted octanol–water partition coefficient (Wildman–Crippen LogP) is 5.86. The number of carbonyl (C=O) groups is 1. The zero-order valence-corrected chi connectivity index (χ0v) is 17.3. The largest absolute Gasteiger partial charge is 0.419 e. The molecule has 0 unspecified atom stereocenters. The van der Waals surface area contributed by atoms with E-state index >= 15 is 0 Å². The first kappa shape index (κ1) is 22.6. The quantitative estimate of drug-likeness (QED) is 0.424. The molecule has 0 aliphatic heterocycles. The van der Waals surface area contributed by atoms with Gasteiger partial charge in [0.1, 0.15) is 0 Å². The van der Waals surface area contributed by atoms with Crippen LogP contribution in [0, 0.1) is 0 Å². The van der Waals surface area contributed by atoms with E-state index in [1.807, 2.05) is 6.92 Å². The molecule has 0 spiro atoms. The minimum atomic E-state index is -4.45. The molecule has 0 bridgehead atoms. The summed E-state index contributed by atoms with van der Waals surface area (Å²) in [7, 11) is 0. The van der Waals surface area contributed by atoms with Gasteiger partial charge in [-0.05, 0) is 42.3 Å². The maximum absolute atomic E-state index is 12.9. The van der Waals surface area contributed by atoms with Gasteiger partial charge in [-0.25, -0.2) is 0 Å². The minimum absolute atomic E-state index is 0.0665. The van der Waals surface area contributed by atoms with E-state index < -0.39 is 11.7 Å². The molecule has 3 rings (SSSR count). The van der Waals surface area contributed by atoms with Gasteiger partial charge in [0.05, 0.1) is 22.7 Å². The van der Waals surface area contributed by atoms with E-state index in [1.54, 1.807) is 24.3 Å². The van der Waals surface area contributed by atoms with Gasteiger partial charge in [0.2, 0.25) is 17.7 Å². The standard InChI is InChI=1S/C22H19ClF3N3O2/c1-2-12-29(14-19-27-28-21(31-19)17-8-3-4-9-18(17)23)20(30)11-10-15-6-5-7-16(13-15)22(24,25)26/h3-11,13H,2,12,14H2,1H3/b11-10+. The van der Waals surface area contributed by atoms with E-state index in [4.69, 9.17) is 16.0 Å². The third kappa shape index (κ3) is 5.95. The normalized spacial score (nSPS) is 11.8. The number of hydrogen-bond donors (Lipinski definition) is 0. The van der Waals surface area contributed by atoms with Crippen LogP contribution < -0.4 is 0 Å². The van der Waals surface area contributed by atoms with Crippen molar-refractivity contribution in [2.45, 2.75) is 26.1 Å². The van der Waals surface area contributed by atoms with Crippen molar-refractivity contribution in [1.29, 1.82) is 0 Å². The van der Waals surface area contributed by atoms with Crippen LogP contribution in [0.1, 0.15) is 30.4 Å². The second-order valence-electron chi connectivity index (χ2n) is 6.70. The van der Waals surface area contributed by atoms with Crippen molar-refractivity contribution < 1.29 is 22.4 Å². The number of halogens is 4. The molecule has 1 amide bonds. The van der Waals surface area contributed by atoms with Crippen LogP contribution in [0.3, 0.4) is 0 Å². The van der Waals surface area contributed by atoms with E-state index in [1.165, 1.54) is 29.2 Å². The molecule has 0 fully saturated rings. The molecule has 0 aliphatic rings. The Bertz CT molecular complexity index is 1080. The lowest BCUT2D eigenvalue weighted by atomic mass is 10.1. The third-order valence-electron chi connectivity index (χ3n) is 4.33. The van der Waals surface area contributed by atoms with E-state index in [9.17, 15) is 18.0 Å². The molecule has 0 N–H and O–H groups in total. The highest BCUT2D eigenvalue weighted by atomic mass is 35.5. The molecule has 0 radical (unpaired) electrons. The van der Waals surface area contributed by atoms with Crippen LogP contribution in [0.4, 0.5) is 13.2 Å². The smallest absolute Gasteiger partial charge is 0.416 e. The number of aromatic nitrogens is 2. The van der Waals surface area contributed by atoms with Crippen molar-refractivity contribution in [2.24, 2.45) is 0 Å². The highest BCUT2D eigenvalue weighted by molar-refractivity contribution is 6.33. The Morgan fingerprint density at radius 1 is 1.16 bits per heavy atom. The third-order valence-corrected chi connectivity index (χ3v) is 4.66. The summed E-state index contributed by atoms with van der Waals surface area (Å²) in [5, 5.41) is 8.42. The Balaban J connectivity index is 1.73. The molecule has 162 valence electrons. The Kier molecular flexibility index (Phi) is 7.12. The first-order valence-electron chi connectivity index (χ1n) is 9.49. The number of carbonyl (C=O) groups excluding carboxylic acids is 1. The fraction of sp³-hybridized carbons (Fsp3) is 0.227. The molecule has 5 nitrogen and oxygen atoms in total. The summed E-state index contributed by atoms with van der Waals surface area (Å²) in [5.74, 6) is 0.0879. The van der Waals surface area contributed by atoms with Crippen molar-refractivity contribution in [3.8, 4) is 11.5 Å². The lowest BCUT2D eigenvalue weighted by Gasteiger charge is -2.18. The molecule has 0 aliphatic carbocycles. The van der Waals surface area contributed by atoms with Gasteiger partial charge < -0.3 is 9.32 Å². The summed E-state index contributed by atoms with van der Waals surface area (Å²) in [6.45, 7) is 2.38. The number of alkyl halides is 3. The second-order valence-corrected chi connectivity index (χ2v) is 7.10. The van der Waals surface area contributed by atoms with Gasteiger partial charge in [0, 0.05) is 12.6 Å². The minimum Gasteiger partial charge on any atom is -0.419 e. The van der Waals surface area contributed by atoms with Crippen molar-refractivity contribution >= 4 is 23.6 Å². The first-order valence-corrected chi connectivity index (χ1v) is 9.87. The molecule has 0 atom stereocenters. The van der Waals surface area contributed by atoms with Gasteiger partial charge >= 0.3 is 6.18 Å². The van der Waals surface area contributed by atoms with Gasteiger partial charge in [-0.3, -0.25) is 4.79 Å². The summed E-state index contributed by atoms with van der Waals surface area (Å²) in [6, 6.07) is 11.8. The first-order chi connectivity index (χ1) is 14.8. The lowest BCUT2D eigenvalue weighted by molar-refractivity contribution is -0.137. The van der Waals surface area contributed by atoms with Crippen molar-refractivity contribution in [1.82, 2.24) is 15.1 Å². The van der Waals surface area contributed by atoms with Gasteiger partial charge in [-0.2, -0.15) is 13.2 Å². The summed E-state index contributed by atoms with van der Waals surface area (Å²) >= 11 is 6.14. The van der Waals surface area contributed by atoms with Crippen LogP contribution >= 0.6 is 11.6 Å². The molecular formula is C22H19ClF3N3O2. The highest BCUT2D eigenvalue weighted by Gasteiger charge is 2.30. The molecule has 3 aromatic rings. The van der Waals surface area contributed by atoms with Crippen LogP contribution in [0.15, 0.2) is 59.0 Å². The summed E-state index contributed by atoms with van der Waals surface area (Å²) in [4.78, 5) is 14.1. The van der Waals surface area contributed by atoms with E-state index in [0.29, 0.717) is 23.6 Å². The summed E-state index contributed by atoms with van der Waals surface area (Å²) in [6.07, 6.45) is -1.19. The second kappa shape index (κ2) is 9.78. The number of rotatable bonds is 7. The van der Waals surface area contributed by atoms with Crippen LogP contribution in [0.2, 0.25) is 5.02 Å². The molecule has 1 heterocycles. The van der Waals surface area contributed by atoms with Crippen molar-refractivity contribution in [2.75, 3.05) is 6.54 Å². The Hall–Kier alpha value is -3.13. The SMILES string of the molecule is CCCN(Cc1nnc(-c2ccccc2Cl)o1)C(=O)/C=C/c1cccc(C(F)(F)F)c1. The summed E-state index contributed by atoms with van der Waals surface area (Å²) in [5.41, 5.74) is 0.0876. The fourth-order valence-electron chi connectivity index (χ4n) is 2.85. The molecule has 2 aromatic carbocycles. The number of hydrogen-bond acceptors (Lipinski definition) is 4. The van der Waals surface area contributed by atoms with Gasteiger partial charge in [-0.1, -0.05) is 42.8 Å². The Morgan fingerprint density at radius 2 is 1.94 bits per heavy atom. The number of benzene rings is 2. The van der Waals surface area contributed by atoms with E-state index in [2.05, 4.69) is 10.2 Å². The molecule has 0 saturated heterocycles. The topological polar surface area (TPSA) is 59.2 Å². The lowest BCUT2D eigenvalue weighted by Crippen LogP contribution is -2.29.